The van der Waals surface area contributed by atoms with Crippen molar-refractivity contribution in [1.29, 1.82) is 0 Å². The molecule has 0 bridgehead atoms. The van der Waals surface area contributed by atoms with Gasteiger partial charge in [-0.05, 0) is 25.9 Å². The maximum absolute atomic E-state index is 12.6. The zero-order valence-electron chi connectivity index (χ0n) is 16.1. The van der Waals surface area contributed by atoms with Crippen LogP contribution in [0.3, 0.4) is 0 Å². The minimum atomic E-state index is 0. The molecule has 2 aliphatic heterocycles. The van der Waals surface area contributed by atoms with Crippen molar-refractivity contribution in [1.82, 2.24) is 20.2 Å². The number of aromatic nitrogens is 2. The number of hydrogen-bond donors (Lipinski definition) is 1. The van der Waals surface area contributed by atoms with Crippen LogP contribution in [0.15, 0.2) is 6.07 Å². The number of hydrogen-bond acceptors (Lipinski definition) is 5. The lowest BCUT2D eigenvalue weighted by Gasteiger charge is -2.39. The van der Waals surface area contributed by atoms with Crippen LogP contribution in [0, 0.1) is 18.8 Å². The van der Waals surface area contributed by atoms with Gasteiger partial charge in [0.1, 0.15) is 11.6 Å². The van der Waals surface area contributed by atoms with E-state index in [2.05, 4.69) is 36.0 Å². The predicted octanol–water partition coefficient (Wildman–Crippen LogP) is 2.26. The monoisotopic (exact) mass is 403 g/mol. The van der Waals surface area contributed by atoms with Crippen LogP contribution in [0.1, 0.15) is 38.2 Å². The summed E-state index contributed by atoms with van der Waals surface area (Å²) in [5.74, 6) is 3.16. The highest BCUT2D eigenvalue weighted by Crippen LogP contribution is 2.22. The molecule has 8 heteroatoms. The van der Waals surface area contributed by atoms with Gasteiger partial charge in [0.25, 0.3) is 0 Å². The summed E-state index contributed by atoms with van der Waals surface area (Å²) >= 11 is 0. The van der Waals surface area contributed by atoms with Crippen LogP contribution in [0.25, 0.3) is 0 Å². The minimum absolute atomic E-state index is 0. The molecular formula is C18H31Cl2N5O. The molecule has 2 fully saturated rings. The zero-order chi connectivity index (χ0) is 17.3. The highest BCUT2D eigenvalue weighted by molar-refractivity contribution is 5.85. The van der Waals surface area contributed by atoms with Crippen LogP contribution in [0.5, 0.6) is 0 Å². The number of rotatable bonds is 4. The normalized spacial score (nSPS) is 18.7. The Balaban J connectivity index is 0.00000169. The number of amides is 1. The fourth-order valence-electron chi connectivity index (χ4n) is 3.30. The summed E-state index contributed by atoms with van der Waals surface area (Å²) in [5, 5.41) is 3.25. The van der Waals surface area contributed by atoms with Crippen LogP contribution in [-0.4, -0.2) is 60.0 Å². The fraction of sp³-hybridized carbons (Fsp3) is 0.722. The Morgan fingerprint density at radius 3 is 2.23 bits per heavy atom. The van der Waals surface area contributed by atoms with Crippen molar-refractivity contribution in [2.24, 2.45) is 11.8 Å². The SMILES string of the molecule is Cc1cc(N2CCN(C(=O)C(C)C3CNC3)CC2)nc(C(C)C)n1.Cl.Cl. The van der Waals surface area contributed by atoms with Crippen LogP contribution in [0.2, 0.25) is 0 Å². The van der Waals surface area contributed by atoms with E-state index < -0.39 is 0 Å². The number of anilines is 1. The molecule has 6 nitrogen and oxygen atoms in total. The first kappa shape index (κ1) is 22.9. The minimum Gasteiger partial charge on any atom is -0.353 e. The van der Waals surface area contributed by atoms with Crippen molar-refractivity contribution in [2.75, 3.05) is 44.2 Å². The second kappa shape index (κ2) is 9.72. The summed E-state index contributed by atoms with van der Waals surface area (Å²) in [6.07, 6.45) is 0. The van der Waals surface area contributed by atoms with Crippen LogP contribution < -0.4 is 10.2 Å². The first-order valence-electron chi connectivity index (χ1n) is 9.05. The molecule has 2 aliphatic rings. The number of halogens is 2. The molecule has 1 atom stereocenters. The molecule has 2 saturated heterocycles. The third-order valence-electron chi connectivity index (χ3n) is 5.20. The van der Waals surface area contributed by atoms with Crippen LogP contribution in [-0.2, 0) is 4.79 Å². The van der Waals surface area contributed by atoms with Gasteiger partial charge in [-0.2, -0.15) is 0 Å². The number of nitrogens with one attached hydrogen (secondary N) is 1. The lowest BCUT2D eigenvalue weighted by Crippen LogP contribution is -2.54. The van der Waals surface area contributed by atoms with Crippen LogP contribution in [0.4, 0.5) is 5.82 Å². The summed E-state index contributed by atoms with van der Waals surface area (Å²) in [5.41, 5.74) is 1.01. The molecule has 3 rings (SSSR count). The lowest BCUT2D eigenvalue weighted by atomic mass is 9.88. The maximum atomic E-state index is 12.6. The van der Waals surface area contributed by atoms with E-state index in [9.17, 15) is 4.79 Å². The molecule has 148 valence electrons. The highest BCUT2D eigenvalue weighted by atomic mass is 35.5. The van der Waals surface area contributed by atoms with Crippen LogP contribution >= 0.6 is 24.8 Å². The molecule has 0 radical (unpaired) electrons. The maximum Gasteiger partial charge on any atom is 0.225 e. The summed E-state index contributed by atoms with van der Waals surface area (Å²) in [7, 11) is 0. The summed E-state index contributed by atoms with van der Waals surface area (Å²) in [4.78, 5) is 26.2. The predicted molar refractivity (Wildman–Crippen MR) is 110 cm³/mol. The van der Waals surface area contributed by atoms with Crippen molar-refractivity contribution in [3.63, 3.8) is 0 Å². The number of carbonyl (C=O) groups is 1. The van der Waals surface area contributed by atoms with E-state index in [-0.39, 0.29) is 30.7 Å². The molecule has 0 spiro atoms. The van der Waals surface area contributed by atoms with Gasteiger partial charge < -0.3 is 15.1 Å². The Morgan fingerprint density at radius 2 is 1.73 bits per heavy atom. The van der Waals surface area contributed by atoms with E-state index >= 15 is 0 Å². The van der Waals surface area contributed by atoms with E-state index in [0.29, 0.717) is 17.7 Å². The quantitative estimate of drug-likeness (QED) is 0.834. The van der Waals surface area contributed by atoms with Gasteiger partial charge in [0.05, 0.1) is 0 Å². The van der Waals surface area contributed by atoms with Crippen molar-refractivity contribution in [3.8, 4) is 0 Å². The van der Waals surface area contributed by atoms with Gasteiger partial charge in [-0.25, -0.2) is 9.97 Å². The first-order valence-corrected chi connectivity index (χ1v) is 9.05. The molecule has 1 unspecified atom stereocenters. The molecule has 3 heterocycles. The van der Waals surface area contributed by atoms with Gasteiger partial charge in [0.15, 0.2) is 0 Å². The molecule has 0 aliphatic carbocycles. The van der Waals surface area contributed by atoms with E-state index in [1.165, 1.54) is 0 Å². The lowest BCUT2D eigenvalue weighted by molar-refractivity contribution is -0.137. The zero-order valence-corrected chi connectivity index (χ0v) is 17.7. The topological polar surface area (TPSA) is 61.4 Å². The number of nitrogens with zero attached hydrogens (tertiary/aromatic N) is 4. The summed E-state index contributed by atoms with van der Waals surface area (Å²) in [6, 6.07) is 2.05. The van der Waals surface area contributed by atoms with Crippen molar-refractivity contribution < 1.29 is 4.79 Å². The third-order valence-corrected chi connectivity index (χ3v) is 5.20. The van der Waals surface area contributed by atoms with Crippen molar-refractivity contribution >= 4 is 36.5 Å². The average Bonchev–Trinajstić information content (AvgIpc) is 2.52. The number of aryl methyl sites for hydroxylation is 1. The van der Waals surface area contributed by atoms with Gasteiger partial charge in [-0.3, -0.25) is 4.79 Å². The first-order chi connectivity index (χ1) is 11.5. The molecule has 0 saturated carbocycles. The average molecular weight is 404 g/mol. The molecular weight excluding hydrogens is 373 g/mol. The molecule has 1 aromatic rings. The van der Waals surface area contributed by atoms with Gasteiger partial charge in [-0.15, -0.1) is 24.8 Å². The van der Waals surface area contributed by atoms with E-state index in [1.54, 1.807) is 0 Å². The Hall–Kier alpha value is -1.11. The third kappa shape index (κ3) is 4.99. The second-order valence-corrected chi connectivity index (χ2v) is 7.40. The highest BCUT2D eigenvalue weighted by Gasteiger charge is 2.33. The van der Waals surface area contributed by atoms with Gasteiger partial charge >= 0.3 is 0 Å². The molecule has 1 aromatic heterocycles. The van der Waals surface area contributed by atoms with Gasteiger partial charge in [0, 0.05) is 49.8 Å². The van der Waals surface area contributed by atoms with E-state index in [1.807, 2.05) is 17.9 Å². The van der Waals surface area contributed by atoms with E-state index in [0.717, 1.165) is 56.6 Å². The molecule has 0 aromatic carbocycles. The Kier molecular flexibility index (Phi) is 8.57. The standard InChI is InChI=1S/C18H29N5O.2ClH/c1-12(2)17-20-13(3)9-16(21-17)22-5-7-23(8-6-22)18(24)14(4)15-10-19-11-15;;/h9,12,14-15,19H,5-8,10-11H2,1-4H3;2*1H. The largest absolute Gasteiger partial charge is 0.353 e. The van der Waals surface area contributed by atoms with E-state index in [4.69, 9.17) is 4.98 Å². The van der Waals surface area contributed by atoms with Crippen molar-refractivity contribution in [3.05, 3.63) is 17.6 Å². The Bertz CT molecular complexity index is 601. The Labute approximate surface area is 169 Å². The Morgan fingerprint density at radius 1 is 1.12 bits per heavy atom. The molecule has 1 N–H and O–H groups in total. The second-order valence-electron chi connectivity index (χ2n) is 7.40. The van der Waals surface area contributed by atoms with Crippen molar-refractivity contribution in [2.45, 2.75) is 33.6 Å². The molecule has 26 heavy (non-hydrogen) atoms. The smallest absolute Gasteiger partial charge is 0.225 e. The fourth-order valence-corrected chi connectivity index (χ4v) is 3.30. The summed E-state index contributed by atoms with van der Waals surface area (Å²) in [6.45, 7) is 13.5. The molecule has 1 amide bonds. The van der Waals surface area contributed by atoms with Gasteiger partial charge in [-0.1, -0.05) is 20.8 Å². The van der Waals surface area contributed by atoms with Gasteiger partial charge in [0.2, 0.25) is 5.91 Å². The number of carbonyl (C=O) groups excluding carboxylic acids is 1. The summed E-state index contributed by atoms with van der Waals surface area (Å²) < 4.78 is 0. The number of piperazine rings is 1.